The molecule has 0 aliphatic heterocycles. The van der Waals surface area contributed by atoms with Crippen LogP contribution in [0.25, 0.3) is 0 Å². The van der Waals surface area contributed by atoms with E-state index in [-0.39, 0.29) is 24.4 Å². The summed E-state index contributed by atoms with van der Waals surface area (Å²) in [7, 11) is 1.43. The lowest BCUT2D eigenvalue weighted by molar-refractivity contribution is 0.0519. The summed E-state index contributed by atoms with van der Waals surface area (Å²) in [5.74, 6) is -1.46. The maximum atomic E-state index is 14.6. The van der Waals surface area contributed by atoms with Gasteiger partial charge in [0.15, 0.2) is 10.8 Å². The maximum Gasteiger partial charge on any atom is 0.358 e. The van der Waals surface area contributed by atoms with Crippen molar-refractivity contribution in [1.29, 1.82) is 0 Å². The molecular weight excluding hydrogens is 419 g/mol. The van der Waals surface area contributed by atoms with Crippen molar-refractivity contribution in [2.45, 2.75) is 20.3 Å². The molecule has 2 aromatic carbocycles. The van der Waals surface area contributed by atoms with E-state index in [1.807, 2.05) is 30.3 Å². The fourth-order valence-electron chi connectivity index (χ4n) is 3.00. The number of hydrogen-bond acceptors (Lipinski definition) is 6. The van der Waals surface area contributed by atoms with Crippen molar-refractivity contribution in [3.63, 3.8) is 0 Å². The number of nitrogens with zero attached hydrogens (tertiary/aromatic N) is 2. The molecule has 0 unspecified atom stereocenters. The molecule has 31 heavy (non-hydrogen) atoms. The zero-order valence-corrected chi connectivity index (χ0v) is 18.4. The molecule has 1 heterocycles. The summed E-state index contributed by atoms with van der Waals surface area (Å²) in [5, 5.41) is 0.316. The molecular formula is C23H23FN2O4S. The van der Waals surface area contributed by atoms with Crippen LogP contribution >= 0.6 is 11.3 Å². The number of thiazole rings is 1. The van der Waals surface area contributed by atoms with Crippen LogP contribution in [0.4, 0.5) is 9.52 Å². The predicted molar refractivity (Wildman–Crippen MR) is 118 cm³/mol. The van der Waals surface area contributed by atoms with Gasteiger partial charge in [0.05, 0.1) is 19.3 Å². The van der Waals surface area contributed by atoms with Gasteiger partial charge in [0.25, 0.3) is 5.91 Å². The summed E-state index contributed by atoms with van der Waals surface area (Å²) in [5.41, 5.74) is 1.09. The second kappa shape index (κ2) is 10.2. The van der Waals surface area contributed by atoms with Gasteiger partial charge in [-0.3, -0.25) is 9.69 Å². The number of rotatable bonds is 8. The molecule has 0 atom stereocenters. The molecule has 0 fully saturated rings. The van der Waals surface area contributed by atoms with E-state index in [1.54, 1.807) is 13.8 Å². The van der Waals surface area contributed by atoms with Crippen LogP contribution in [0, 0.1) is 12.7 Å². The van der Waals surface area contributed by atoms with Gasteiger partial charge in [-0.25, -0.2) is 14.2 Å². The van der Waals surface area contributed by atoms with Crippen LogP contribution in [-0.4, -0.2) is 37.1 Å². The third-order valence-electron chi connectivity index (χ3n) is 4.60. The predicted octanol–water partition coefficient (Wildman–Crippen LogP) is 4.67. The number of aromatic nitrogens is 1. The normalized spacial score (nSPS) is 10.6. The SMILES string of the molecule is CCOC(=O)c1nc(N(CCc2ccccc2)C(=O)c2ccc(OC)cc2F)sc1C. The first-order valence-electron chi connectivity index (χ1n) is 9.78. The summed E-state index contributed by atoms with van der Waals surface area (Å²) < 4.78 is 24.7. The molecule has 3 rings (SSSR count). The van der Waals surface area contributed by atoms with Crippen molar-refractivity contribution in [3.8, 4) is 5.75 Å². The quantitative estimate of drug-likeness (QED) is 0.475. The number of anilines is 1. The van der Waals surface area contributed by atoms with Crippen LogP contribution in [0.3, 0.4) is 0 Å². The number of carbonyl (C=O) groups excluding carboxylic acids is 2. The molecule has 0 aliphatic rings. The molecule has 162 valence electrons. The fourth-order valence-corrected chi connectivity index (χ4v) is 3.92. The third kappa shape index (κ3) is 5.27. The molecule has 0 N–H and O–H groups in total. The maximum absolute atomic E-state index is 14.6. The lowest BCUT2D eigenvalue weighted by Crippen LogP contribution is -2.33. The number of ether oxygens (including phenoxy) is 2. The van der Waals surface area contributed by atoms with Crippen molar-refractivity contribution in [3.05, 3.63) is 76.0 Å². The molecule has 0 radical (unpaired) electrons. The van der Waals surface area contributed by atoms with Crippen LogP contribution in [0.5, 0.6) is 5.75 Å². The Bertz CT molecular complexity index is 1070. The van der Waals surface area contributed by atoms with Crippen molar-refractivity contribution in [2.75, 3.05) is 25.2 Å². The Kier molecular flexibility index (Phi) is 7.36. The fraction of sp³-hybridized carbons (Fsp3) is 0.261. The second-order valence-electron chi connectivity index (χ2n) is 6.66. The van der Waals surface area contributed by atoms with Gasteiger partial charge in [0.1, 0.15) is 11.6 Å². The van der Waals surface area contributed by atoms with Crippen molar-refractivity contribution < 1.29 is 23.5 Å². The Labute approximate surface area is 184 Å². The van der Waals surface area contributed by atoms with Gasteiger partial charge >= 0.3 is 5.97 Å². The number of carbonyl (C=O) groups is 2. The Morgan fingerprint density at radius 2 is 1.90 bits per heavy atom. The molecule has 0 spiro atoms. The minimum atomic E-state index is -0.687. The lowest BCUT2D eigenvalue weighted by Gasteiger charge is -2.20. The van der Waals surface area contributed by atoms with Crippen LogP contribution in [0.15, 0.2) is 48.5 Å². The second-order valence-corrected chi connectivity index (χ2v) is 7.84. The largest absolute Gasteiger partial charge is 0.497 e. The number of halogens is 1. The minimum Gasteiger partial charge on any atom is -0.497 e. The van der Waals surface area contributed by atoms with Crippen LogP contribution < -0.4 is 9.64 Å². The molecule has 0 saturated heterocycles. The van der Waals surface area contributed by atoms with E-state index in [1.165, 1.54) is 41.5 Å². The summed E-state index contributed by atoms with van der Waals surface area (Å²) in [6.45, 7) is 3.94. The zero-order chi connectivity index (χ0) is 22.4. The summed E-state index contributed by atoms with van der Waals surface area (Å²) in [6, 6.07) is 13.7. The first-order chi connectivity index (χ1) is 14.9. The van der Waals surface area contributed by atoms with Crippen LogP contribution in [0.2, 0.25) is 0 Å². The molecule has 8 heteroatoms. The Morgan fingerprint density at radius 1 is 1.16 bits per heavy atom. The van der Waals surface area contributed by atoms with Gasteiger partial charge < -0.3 is 9.47 Å². The first kappa shape index (κ1) is 22.4. The van der Waals surface area contributed by atoms with Gasteiger partial charge in [-0.15, -0.1) is 11.3 Å². The number of methoxy groups -OCH3 is 1. The van der Waals surface area contributed by atoms with Crippen molar-refractivity contribution >= 4 is 28.3 Å². The van der Waals surface area contributed by atoms with Gasteiger partial charge in [0, 0.05) is 17.5 Å². The van der Waals surface area contributed by atoms with Crippen molar-refractivity contribution in [1.82, 2.24) is 4.98 Å². The average molecular weight is 443 g/mol. The Morgan fingerprint density at radius 3 is 2.55 bits per heavy atom. The lowest BCUT2D eigenvalue weighted by atomic mass is 10.1. The number of aryl methyl sites for hydroxylation is 1. The van der Waals surface area contributed by atoms with E-state index < -0.39 is 17.7 Å². The van der Waals surface area contributed by atoms with E-state index in [0.717, 1.165) is 5.56 Å². The van der Waals surface area contributed by atoms with Gasteiger partial charge in [-0.2, -0.15) is 0 Å². The smallest absolute Gasteiger partial charge is 0.358 e. The number of hydrogen-bond donors (Lipinski definition) is 0. The van der Waals surface area contributed by atoms with Crippen molar-refractivity contribution in [2.24, 2.45) is 0 Å². The monoisotopic (exact) mass is 442 g/mol. The van der Waals surface area contributed by atoms with Crippen LogP contribution in [0.1, 0.15) is 38.2 Å². The van der Waals surface area contributed by atoms with E-state index in [9.17, 15) is 14.0 Å². The van der Waals surface area contributed by atoms with E-state index in [0.29, 0.717) is 22.2 Å². The van der Waals surface area contributed by atoms with Gasteiger partial charge in [0.2, 0.25) is 0 Å². The van der Waals surface area contributed by atoms with Crippen LogP contribution in [-0.2, 0) is 11.2 Å². The molecule has 1 amide bonds. The highest BCUT2D eigenvalue weighted by atomic mass is 32.1. The highest BCUT2D eigenvalue weighted by Crippen LogP contribution is 2.29. The molecule has 6 nitrogen and oxygen atoms in total. The topological polar surface area (TPSA) is 68.7 Å². The number of esters is 1. The van der Waals surface area contributed by atoms with Gasteiger partial charge in [-0.05, 0) is 38.0 Å². The third-order valence-corrected chi connectivity index (χ3v) is 5.60. The highest BCUT2D eigenvalue weighted by molar-refractivity contribution is 7.16. The summed E-state index contributed by atoms with van der Waals surface area (Å²) in [6.07, 6.45) is 0.539. The summed E-state index contributed by atoms with van der Waals surface area (Å²) in [4.78, 5) is 31.9. The molecule has 0 aliphatic carbocycles. The Balaban J connectivity index is 1.96. The molecule has 1 aromatic heterocycles. The van der Waals surface area contributed by atoms with Gasteiger partial charge in [-0.1, -0.05) is 30.3 Å². The average Bonchev–Trinajstić information content (AvgIpc) is 3.15. The molecule has 0 saturated carbocycles. The highest BCUT2D eigenvalue weighted by Gasteiger charge is 2.26. The van der Waals surface area contributed by atoms with E-state index in [2.05, 4.69) is 4.98 Å². The minimum absolute atomic E-state index is 0.0978. The number of amides is 1. The molecule has 0 bridgehead atoms. The standard InChI is InChI=1S/C23H23FN2O4S/c1-4-30-22(28)20-15(2)31-23(25-20)26(13-12-16-8-6-5-7-9-16)21(27)18-11-10-17(29-3)14-19(18)24/h5-11,14H,4,12-13H2,1-3H3. The Hall–Kier alpha value is -3.26. The molecule has 3 aromatic rings. The first-order valence-corrected chi connectivity index (χ1v) is 10.6. The number of benzene rings is 2. The van der Waals surface area contributed by atoms with E-state index >= 15 is 0 Å². The summed E-state index contributed by atoms with van der Waals surface area (Å²) >= 11 is 1.19. The van der Waals surface area contributed by atoms with E-state index in [4.69, 9.17) is 9.47 Å². The zero-order valence-electron chi connectivity index (χ0n) is 17.6.